The monoisotopic (exact) mass is 277 g/mol. The maximum absolute atomic E-state index is 5.48. The van der Waals surface area contributed by atoms with Gasteiger partial charge in [-0.05, 0) is 46.9 Å². The van der Waals surface area contributed by atoms with Crippen LogP contribution >= 0.6 is 11.3 Å². The summed E-state index contributed by atoms with van der Waals surface area (Å²) in [4.78, 5) is 2.46. The smallest absolute Gasteiger partial charge is 0.117 e. The number of hydrogen-bond acceptors (Lipinski definition) is 4. The van der Waals surface area contributed by atoms with E-state index < -0.39 is 0 Å². The molecule has 0 bridgehead atoms. The average Bonchev–Trinajstić information content (AvgIpc) is 3.10. The van der Waals surface area contributed by atoms with Gasteiger partial charge in [0, 0.05) is 19.7 Å². The van der Waals surface area contributed by atoms with Crippen molar-refractivity contribution < 1.29 is 9.15 Å². The molecular weight excluding hydrogens is 258 g/mol. The molecular formula is C15H19NO2S. The lowest BCUT2D eigenvalue weighted by Crippen LogP contribution is -2.28. The minimum absolute atomic E-state index is 0.661. The van der Waals surface area contributed by atoms with Crippen molar-refractivity contribution in [2.45, 2.75) is 19.5 Å². The molecule has 1 saturated heterocycles. The van der Waals surface area contributed by atoms with E-state index in [9.17, 15) is 0 Å². The fourth-order valence-corrected chi connectivity index (χ4v) is 3.20. The summed E-state index contributed by atoms with van der Waals surface area (Å²) in [5.41, 5.74) is 1.38. The first-order valence-corrected chi connectivity index (χ1v) is 7.68. The third-order valence-corrected chi connectivity index (χ3v) is 4.22. The van der Waals surface area contributed by atoms with E-state index in [2.05, 4.69) is 21.7 Å². The Kier molecular flexibility index (Phi) is 4.33. The van der Waals surface area contributed by atoms with Gasteiger partial charge in [-0.3, -0.25) is 4.90 Å². The van der Waals surface area contributed by atoms with Crippen molar-refractivity contribution in [1.29, 1.82) is 0 Å². The van der Waals surface area contributed by atoms with Gasteiger partial charge in [0.05, 0.1) is 19.4 Å². The Bertz CT molecular complexity index is 424. The number of ether oxygens (including phenoxy) is 1. The highest BCUT2D eigenvalue weighted by Gasteiger charge is 2.20. The van der Waals surface area contributed by atoms with E-state index in [0.717, 1.165) is 38.6 Å². The van der Waals surface area contributed by atoms with E-state index >= 15 is 0 Å². The van der Waals surface area contributed by atoms with E-state index in [1.165, 1.54) is 12.0 Å². The number of nitrogens with zero attached hydrogens (tertiary/aromatic N) is 1. The standard InChI is InChI=1S/C15H19NO2S/c1-2-15(18-5-1)10-16(8-13-3-6-17-11-13)9-14-4-7-19-12-14/h1-2,4-5,7,12-13H,3,6,8-11H2/t13-/m0/s1. The third-order valence-electron chi connectivity index (χ3n) is 3.49. The van der Waals surface area contributed by atoms with Crippen LogP contribution in [0.3, 0.4) is 0 Å². The Morgan fingerprint density at radius 1 is 1.32 bits per heavy atom. The topological polar surface area (TPSA) is 25.6 Å². The molecule has 3 heterocycles. The zero-order chi connectivity index (χ0) is 12.9. The summed E-state index contributed by atoms with van der Waals surface area (Å²) in [6, 6.07) is 6.20. The SMILES string of the molecule is c1coc(CN(Cc2ccsc2)C[C@@H]2CCOC2)c1. The molecule has 1 fully saturated rings. The Morgan fingerprint density at radius 3 is 3.00 bits per heavy atom. The zero-order valence-electron chi connectivity index (χ0n) is 11.0. The lowest BCUT2D eigenvalue weighted by Gasteiger charge is -2.23. The second-order valence-corrected chi connectivity index (χ2v) is 5.89. The van der Waals surface area contributed by atoms with Crippen molar-refractivity contribution in [3.63, 3.8) is 0 Å². The maximum Gasteiger partial charge on any atom is 0.117 e. The Morgan fingerprint density at radius 2 is 2.32 bits per heavy atom. The molecule has 0 aliphatic carbocycles. The number of thiophene rings is 1. The molecule has 1 aliphatic heterocycles. The van der Waals surface area contributed by atoms with Crippen molar-refractivity contribution in [3.05, 3.63) is 46.5 Å². The van der Waals surface area contributed by atoms with E-state index in [4.69, 9.17) is 9.15 Å². The summed E-state index contributed by atoms with van der Waals surface area (Å²) >= 11 is 1.76. The Balaban J connectivity index is 1.63. The summed E-state index contributed by atoms with van der Waals surface area (Å²) < 4.78 is 11.0. The molecule has 0 radical (unpaired) electrons. The predicted octanol–water partition coefficient (Wildman–Crippen LogP) is 3.38. The van der Waals surface area contributed by atoms with Gasteiger partial charge in [0.2, 0.25) is 0 Å². The Labute approximate surface area is 117 Å². The molecule has 1 aliphatic rings. The van der Waals surface area contributed by atoms with E-state index in [0.29, 0.717) is 5.92 Å². The van der Waals surface area contributed by atoms with Gasteiger partial charge in [0.1, 0.15) is 5.76 Å². The minimum Gasteiger partial charge on any atom is -0.468 e. The lowest BCUT2D eigenvalue weighted by molar-refractivity contribution is 0.157. The van der Waals surface area contributed by atoms with Crippen molar-refractivity contribution in [2.75, 3.05) is 19.8 Å². The molecule has 1 atom stereocenters. The molecule has 0 spiro atoms. The van der Waals surface area contributed by atoms with E-state index in [-0.39, 0.29) is 0 Å². The number of furan rings is 1. The summed E-state index contributed by atoms with van der Waals surface area (Å²) in [6.45, 7) is 4.76. The van der Waals surface area contributed by atoms with Crippen LogP contribution in [-0.2, 0) is 17.8 Å². The molecule has 0 N–H and O–H groups in total. The predicted molar refractivity (Wildman–Crippen MR) is 76.1 cm³/mol. The quantitative estimate of drug-likeness (QED) is 0.809. The molecule has 0 unspecified atom stereocenters. The van der Waals surface area contributed by atoms with Crippen LogP contribution in [0.1, 0.15) is 17.7 Å². The van der Waals surface area contributed by atoms with Gasteiger partial charge in [0.25, 0.3) is 0 Å². The molecule has 0 amide bonds. The van der Waals surface area contributed by atoms with Crippen molar-refractivity contribution >= 4 is 11.3 Å². The molecule has 102 valence electrons. The highest BCUT2D eigenvalue weighted by Crippen LogP contribution is 2.19. The van der Waals surface area contributed by atoms with E-state index in [1.54, 1.807) is 17.6 Å². The Hall–Kier alpha value is -1.10. The first kappa shape index (κ1) is 12.9. The number of rotatable bonds is 6. The van der Waals surface area contributed by atoms with Crippen LogP contribution in [0, 0.1) is 5.92 Å². The molecule has 0 aromatic carbocycles. The van der Waals surface area contributed by atoms with Gasteiger partial charge in [-0.25, -0.2) is 0 Å². The lowest BCUT2D eigenvalue weighted by atomic mass is 10.1. The van der Waals surface area contributed by atoms with Gasteiger partial charge in [-0.1, -0.05) is 0 Å². The normalized spacial score (nSPS) is 19.3. The van der Waals surface area contributed by atoms with E-state index in [1.807, 2.05) is 12.1 Å². The zero-order valence-corrected chi connectivity index (χ0v) is 11.8. The number of hydrogen-bond donors (Lipinski definition) is 0. The fraction of sp³-hybridized carbons (Fsp3) is 0.467. The first-order chi connectivity index (χ1) is 9.40. The molecule has 4 heteroatoms. The van der Waals surface area contributed by atoms with Crippen LogP contribution in [-0.4, -0.2) is 24.7 Å². The van der Waals surface area contributed by atoms with Crippen LogP contribution in [0.4, 0.5) is 0 Å². The van der Waals surface area contributed by atoms with Crippen molar-refractivity contribution in [2.24, 2.45) is 5.92 Å². The molecule has 19 heavy (non-hydrogen) atoms. The maximum atomic E-state index is 5.48. The third kappa shape index (κ3) is 3.69. The van der Waals surface area contributed by atoms with Gasteiger partial charge < -0.3 is 9.15 Å². The van der Waals surface area contributed by atoms with Crippen LogP contribution in [0.15, 0.2) is 39.6 Å². The van der Waals surface area contributed by atoms with Crippen LogP contribution in [0.25, 0.3) is 0 Å². The van der Waals surface area contributed by atoms with Gasteiger partial charge in [-0.15, -0.1) is 0 Å². The second kappa shape index (κ2) is 6.37. The fourth-order valence-electron chi connectivity index (χ4n) is 2.54. The van der Waals surface area contributed by atoms with Crippen LogP contribution < -0.4 is 0 Å². The summed E-state index contributed by atoms with van der Waals surface area (Å²) in [6.07, 6.45) is 2.93. The molecule has 2 aromatic rings. The molecule has 3 rings (SSSR count). The minimum atomic E-state index is 0.661. The summed E-state index contributed by atoms with van der Waals surface area (Å²) in [5.74, 6) is 1.70. The average molecular weight is 277 g/mol. The molecule has 0 saturated carbocycles. The van der Waals surface area contributed by atoms with Crippen molar-refractivity contribution in [1.82, 2.24) is 4.90 Å². The van der Waals surface area contributed by atoms with Gasteiger partial charge in [0.15, 0.2) is 0 Å². The van der Waals surface area contributed by atoms with Crippen LogP contribution in [0.2, 0.25) is 0 Å². The first-order valence-electron chi connectivity index (χ1n) is 6.74. The highest BCUT2D eigenvalue weighted by molar-refractivity contribution is 7.07. The van der Waals surface area contributed by atoms with Gasteiger partial charge in [-0.2, -0.15) is 11.3 Å². The summed E-state index contributed by atoms with van der Waals surface area (Å²) in [5, 5.41) is 4.36. The van der Waals surface area contributed by atoms with Crippen LogP contribution in [0.5, 0.6) is 0 Å². The highest BCUT2D eigenvalue weighted by atomic mass is 32.1. The van der Waals surface area contributed by atoms with Crippen molar-refractivity contribution in [3.8, 4) is 0 Å². The van der Waals surface area contributed by atoms with Gasteiger partial charge >= 0.3 is 0 Å². The summed E-state index contributed by atoms with van der Waals surface area (Å²) in [7, 11) is 0. The molecule has 3 nitrogen and oxygen atoms in total. The largest absolute Gasteiger partial charge is 0.468 e. The second-order valence-electron chi connectivity index (χ2n) is 5.11. The molecule has 2 aromatic heterocycles.